The van der Waals surface area contributed by atoms with Gasteiger partial charge in [0.2, 0.25) is 0 Å². The molecule has 4 heterocycles. The summed E-state index contributed by atoms with van der Waals surface area (Å²) in [4.78, 5) is 22.6. The van der Waals surface area contributed by atoms with Gasteiger partial charge in [-0.3, -0.25) is 14.8 Å². The van der Waals surface area contributed by atoms with E-state index in [0.717, 1.165) is 49.2 Å². The van der Waals surface area contributed by atoms with Crippen LogP contribution in [0.1, 0.15) is 32.8 Å². The molecule has 0 bridgehead atoms. The SMILES string of the molecule is Cc1nc(C2CN(Cc3ccccc3)CC23CN(C(=O)c2cccs2)C3)n[nH]1. The highest BCUT2D eigenvalue weighted by molar-refractivity contribution is 7.12. The third-order valence-corrected chi connectivity index (χ3v) is 6.78. The van der Waals surface area contributed by atoms with E-state index in [2.05, 4.69) is 44.3 Å². The van der Waals surface area contributed by atoms with Crippen LogP contribution in [-0.2, 0) is 6.54 Å². The van der Waals surface area contributed by atoms with Gasteiger partial charge in [0.05, 0.1) is 4.88 Å². The molecule has 3 aromatic rings. The zero-order valence-corrected chi connectivity index (χ0v) is 16.7. The van der Waals surface area contributed by atoms with Gasteiger partial charge in [-0.15, -0.1) is 11.3 Å². The smallest absolute Gasteiger partial charge is 0.263 e. The molecule has 1 unspecified atom stereocenters. The Morgan fingerprint density at radius 3 is 2.71 bits per heavy atom. The van der Waals surface area contributed by atoms with Crippen LogP contribution in [0.2, 0.25) is 0 Å². The fourth-order valence-corrected chi connectivity index (χ4v) is 5.33. The molecule has 1 amide bonds. The number of aromatic nitrogens is 3. The Balaban J connectivity index is 1.36. The third-order valence-electron chi connectivity index (χ3n) is 5.92. The topological polar surface area (TPSA) is 65.1 Å². The number of likely N-dealkylation sites (tertiary alicyclic amines) is 2. The number of nitrogens with zero attached hydrogens (tertiary/aromatic N) is 4. The monoisotopic (exact) mass is 393 g/mol. The molecule has 0 saturated carbocycles. The summed E-state index contributed by atoms with van der Waals surface area (Å²) in [7, 11) is 0. The van der Waals surface area contributed by atoms with E-state index in [9.17, 15) is 4.79 Å². The van der Waals surface area contributed by atoms with E-state index >= 15 is 0 Å². The summed E-state index contributed by atoms with van der Waals surface area (Å²) in [6, 6.07) is 14.4. The first-order valence-corrected chi connectivity index (χ1v) is 10.5. The first kappa shape index (κ1) is 17.6. The van der Waals surface area contributed by atoms with Crippen LogP contribution in [0.25, 0.3) is 0 Å². The predicted octanol–water partition coefficient (Wildman–Crippen LogP) is 2.92. The lowest BCUT2D eigenvalue weighted by Crippen LogP contribution is -2.61. The second-order valence-corrected chi connectivity index (χ2v) is 8.94. The Morgan fingerprint density at radius 1 is 1.21 bits per heavy atom. The standard InChI is InChI=1S/C21H23N5OS/c1-15-22-19(24-23-15)17-11-25(10-16-6-3-2-4-7-16)12-21(17)13-26(14-21)20(27)18-8-5-9-28-18/h2-9,17H,10-14H2,1H3,(H,22,23,24). The maximum atomic E-state index is 12.7. The number of carbonyl (C=O) groups is 1. The molecule has 2 aliphatic heterocycles. The number of hydrogen-bond donors (Lipinski definition) is 1. The van der Waals surface area contributed by atoms with E-state index in [-0.39, 0.29) is 17.2 Å². The highest BCUT2D eigenvalue weighted by Crippen LogP contribution is 2.49. The van der Waals surface area contributed by atoms with E-state index in [1.807, 2.05) is 35.4 Å². The molecule has 0 aliphatic carbocycles. The van der Waals surface area contributed by atoms with E-state index in [1.54, 1.807) is 0 Å². The molecular weight excluding hydrogens is 370 g/mol. The van der Waals surface area contributed by atoms with Crippen molar-refractivity contribution in [2.45, 2.75) is 19.4 Å². The van der Waals surface area contributed by atoms with Crippen molar-refractivity contribution < 1.29 is 4.79 Å². The van der Waals surface area contributed by atoms with Crippen LogP contribution in [0.4, 0.5) is 0 Å². The molecule has 2 aliphatic rings. The minimum Gasteiger partial charge on any atom is -0.337 e. The number of rotatable bonds is 4. The molecule has 28 heavy (non-hydrogen) atoms. The second kappa shape index (κ2) is 6.83. The lowest BCUT2D eigenvalue weighted by molar-refractivity contribution is 0.00217. The summed E-state index contributed by atoms with van der Waals surface area (Å²) in [5, 5.41) is 9.42. The molecular formula is C21H23N5OS. The molecule has 2 fully saturated rings. The first-order chi connectivity index (χ1) is 13.6. The van der Waals surface area contributed by atoms with Crippen LogP contribution in [0.15, 0.2) is 47.8 Å². The highest BCUT2D eigenvalue weighted by atomic mass is 32.1. The predicted molar refractivity (Wildman–Crippen MR) is 108 cm³/mol. The summed E-state index contributed by atoms with van der Waals surface area (Å²) in [6.45, 7) is 6.29. The van der Waals surface area contributed by atoms with Gasteiger partial charge in [-0.2, -0.15) is 5.10 Å². The van der Waals surface area contributed by atoms with Gasteiger partial charge >= 0.3 is 0 Å². The Bertz CT molecular complexity index is 962. The molecule has 6 nitrogen and oxygen atoms in total. The molecule has 2 saturated heterocycles. The number of thiophene rings is 1. The summed E-state index contributed by atoms with van der Waals surface area (Å²) in [5.74, 6) is 2.12. The van der Waals surface area contributed by atoms with Gasteiger partial charge in [0, 0.05) is 44.1 Å². The second-order valence-electron chi connectivity index (χ2n) is 7.99. The van der Waals surface area contributed by atoms with Gasteiger partial charge in [0.25, 0.3) is 5.91 Å². The Hall–Kier alpha value is -2.51. The zero-order valence-electron chi connectivity index (χ0n) is 15.8. The van der Waals surface area contributed by atoms with Gasteiger partial charge in [-0.1, -0.05) is 36.4 Å². The Morgan fingerprint density at radius 2 is 2.04 bits per heavy atom. The van der Waals surface area contributed by atoms with Crippen molar-refractivity contribution >= 4 is 17.2 Å². The maximum absolute atomic E-state index is 12.7. The van der Waals surface area contributed by atoms with Crippen molar-refractivity contribution in [3.8, 4) is 0 Å². The van der Waals surface area contributed by atoms with Gasteiger partial charge in [-0.25, -0.2) is 4.98 Å². The number of aromatic amines is 1. The van der Waals surface area contributed by atoms with Crippen molar-refractivity contribution in [2.24, 2.45) is 5.41 Å². The normalized spacial score (nSPS) is 21.2. The molecule has 2 aromatic heterocycles. The van der Waals surface area contributed by atoms with E-state index in [1.165, 1.54) is 16.9 Å². The molecule has 1 aromatic carbocycles. The Kier molecular flexibility index (Phi) is 4.29. The van der Waals surface area contributed by atoms with Crippen molar-refractivity contribution in [3.63, 3.8) is 0 Å². The third kappa shape index (κ3) is 3.04. The van der Waals surface area contributed by atoms with E-state index in [0.29, 0.717) is 0 Å². The molecule has 5 rings (SSSR count). The molecule has 1 spiro atoms. The van der Waals surface area contributed by atoms with Gasteiger partial charge < -0.3 is 4.90 Å². The molecule has 144 valence electrons. The lowest BCUT2D eigenvalue weighted by Gasteiger charge is -2.50. The van der Waals surface area contributed by atoms with Crippen molar-refractivity contribution in [2.75, 3.05) is 26.2 Å². The quantitative estimate of drug-likeness (QED) is 0.740. The number of benzene rings is 1. The summed E-state index contributed by atoms with van der Waals surface area (Å²) in [5.41, 5.74) is 1.35. The van der Waals surface area contributed by atoms with E-state index < -0.39 is 0 Å². The van der Waals surface area contributed by atoms with E-state index in [4.69, 9.17) is 0 Å². The molecule has 1 atom stereocenters. The fraction of sp³-hybridized carbons (Fsp3) is 0.381. The van der Waals surface area contributed by atoms with Crippen LogP contribution in [0.3, 0.4) is 0 Å². The summed E-state index contributed by atoms with van der Waals surface area (Å²) >= 11 is 1.51. The van der Waals surface area contributed by atoms with Crippen molar-refractivity contribution in [1.82, 2.24) is 25.0 Å². The average molecular weight is 394 g/mol. The van der Waals surface area contributed by atoms with Crippen molar-refractivity contribution in [3.05, 3.63) is 69.9 Å². The minimum atomic E-state index is 0.0380. The van der Waals surface area contributed by atoms with Crippen molar-refractivity contribution in [1.29, 1.82) is 0 Å². The zero-order chi connectivity index (χ0) is 19.1. The number of nitrogens with one attached hydrogen (secondary N) is 1. The largest absolute Gasteiger partial charge is 0.337 e. The molecule has 0 radical (unpaired) electrons. The average Bonchev–Trinajstić information content (AvgIpc) is 3.40. The molecule has 7 heteroatoms. The van der Waals surface area contributed by atoms with Gasteiger partial charge in [-0.05, 0) is 23.9 Å². The van der Waals surface area contributed by atoms with Crippen LogP contribution in [-0.4, -0.2) is 57.1 Å². The first-order valence-electron chi connectivity index (χ1n) is 9.61. The summed E-state index contributed by atoms with van der Waals surface area (Å²) in [6.07, 6.45) is 0. The highest BCUT2D eigenvalue weighted by Gasteiger charge is 2.57. The fourth-order valence-electron chi connectivity index (χ4n) is 4.64. The van der Waals surface area contributed by atoms with Gasteiger partial charge in [0.15, 0.2) is 5.82 Å². The van der Waals surface area contributed by atoms with Crippen LogP contribution in [0.5, 0.6) is 0 Å². The number of amides is 1. The van der Waals surface area contributed by atoms with Crippen LogP contribution < -0.4 is 0 Å². The minimum absolute atomic E-state index is 0.0380. The maximum Gasteiger partial charge on any atom is 0.263 e. The van der Waals surface area contributed by atoms with Crippen LogP contribution >= 0.6 is 11.3 Å². The molecule has 1 N–H and O–H groups in total. The van der Waals surface area contributed by atoms with Gasteiger partial charge in [0.1, 0.15) is 5.82 Å². The number of carbonyl (C=O) groups excluding carboxylic acids is 1. The van der Waals surface area contributed by atoms with Crippen LogP contribution in [0, 0.1) is 12.3 Å². The summed E-state index contributed by atoms with van der Waals surface area (Å²) < 4.78 is 0. The Labute approximate surface area is 168 Å². The number of H-pyrrole nitrogens is 1. The number of aryl methyl sites for hydroxylation is 1. The number of hydrogen-bond acceptors (Lipinski definition) is 5. The lowest BCUT2D eigenvalue weighted by atomic mass is 9.71.